The molecule has 3 aromatic rings. The molecule has 0 radical (unpaired) electrons. The van der Waals surface area contributed by atoms with Gasteiger partial charge in [-0.1, -0.05) is 18.2 Å². The number of H-pyrrole nitrogens is 1. The fraction of sp³-hybridized carbons (Fsp3) is 0.278. The molecule has 2 aromatic heterocycles. The van der Waals surface area contributed by atoms with Crippen molar-refractivity contribution in [2.24, 2.45) is 0 Å². The zero-order valence-electron chi connectivity index (χ0n) is 13.9. The highest BCUT2D eigenvalue weighted by atomic mass is 16.6. The van der Waals surface area contributed by atoms with Crippen LogP contribution in [0.5, 0.6) is 0 Å². The van der Waals surface area contributed by atoms with Crippen LogP contribution in [-0.2, 0) is 9.53 Å². The molecule has 0 aliphatic heterocycles. The second kappa shape index (κ2) is 6.80. The zero-order chi connectivity index (χ0) is 18.0. The number of para-hydroxylation sites is 1. The lowest BCUT2D eigenvalue weighted by Gasteiger charge is -2.19. The predicted octanol–water partition coefficient (Wildman–Crippen LogP) is 3.41. The first-order valence-electron chi connectivity index (χ1n) is 7.95. The van der Waals surface area contributed by atoms with E-state index in [1.54, 1.807) is 19.1 Å². The van der Waals surface area contributed by atoms with Crippen molar-refractivity contribution in [1.82, 2.24) is 4.98 Å². The Balaban J connectivity index is 2.23. The average molecular weight is 342 g/mol. The van der Waals surface area contributed by atoms with Crippen molar-refractivity contribution in [3.8, 4) is 0 Å². The Bertz CT molecular complexity index is 897. The number of aromatic nitrogens is 1. The number of ether oxygens (including phenoxy) is 1. The molecule has 1 N–H and O–H groups in total. The largest absolute Gasteiger partial charge is 0.468 e. The number of aromatic amines is 1. The van der Waals surface area contributed by atoms with Crippen molar-refractivity contribution in [3.05, 3.63) is 69.8 Å². The van der Waals surface area contributed by atoms with Crippen molar-refractivity contribution < 1.29 is 18.9 Å². The molecule has 7 heteroatoms. The normalized spacial score (nSPS) is 13.5. The Kier molecular flexibility index (Phi) is 4.56. The topological polar surface area (TPSA) is 98.4 Å². The number of aryl methyl sites for hydroxylation is 1. The monoisotopic (exact) mass is 342 g/mol. The summed E-state index contributed by atoms with van der Waals surface area (Å²) < 4.78 is 10.4. The lowest BCUT2D eigenvalue weighted by Crippen LogP contribution is -2.37. The van der Waals surface area contributed by atoms with Crippen LogP contribution < -0.4 is 0 Å². The first-order chi connectivity index (χ1) is 12.0. The standard InChI is InChI=1S/C18H18N2O5/c1-3-24-18(21)17(20(22)23)16(14-9-6-10-25-14)15-11(2)19-13-8-5-4-7-12(13)15/h4-10,16-17,19H,3H2,1-2H3. The molecule has 1 aromatic carbocycles. The van der Waals surface area contributed by atoms with E-state index in [4.69, 9.17) is 9.15 Å². The van der Waals surface area contributed by atoms with Crippen LogP contribution in [0, 0.1) is 17.0 Å². The van der Waals surface area contributed by atoms with E-state index >= 15 is 0 Å². The molecule has 25 heavy (non-hydrogen) atoms. The SMILES string of the molecule is CCOC(=O)C(C(c1ccco1)c1c(C)[nH]c2ccccc12)[N+](=O)[O-]. The molecule has 0 saturated heterocycles. The summed E-state index contributed by atoms with van der Waals surface area (Å²) in [4.78, 5) is 26.7. The van der Waals surface area contributed by atoms with Gasteiger partial charge in [0.05, 0.1) is 12.9 Å². The predicted molar refractivity (Wildman–Crippen MR) is 91.0 cm³/mol. The Morgan fingerprint density at radius 1 is 1.32 bits per heavy atom. The van der Waals surface area contributed by atoms with Gasteiger partial charge in [0.15, 0.2) is 0 Å². The summed E-state index contributed by atoms with van der Waals surface area (Å²) in [5, 5.41) is 12.6. The van der Waals surface area contributed by atoms with Gasteiger partial charge in [0.25, 0.3) is 0 Å². The smallest absolute Gasteiger partial charge is 0.382 e. The molecule has 0 spiro atoms. The first kappa shape index (κ1) is 16.8. The number of hydrogen-bond acceptors (Lipinski definition) is 5. The number of hydrogen-bond donors (Lipinski definition) is 1. The van der Waals surface area contributed by atoms with Gasteiger partial charge in [-0.3, -0.25) is 10.1 Å². The van der Waals surface area contributed by atoms with Crippen LogP contribution >= 0.6 is 0 Å². The molecule has 3 rings (SSSR count). The molecule has 2 heterocycles. The van der Waals surface area contributed by atoms with Crippen molar-refractivity contribution in [3.63, 3.8) is 0 Å². The summed E-state index contributed by atoms with van der Waals surface area (Å²) in [5.41, 5.74) is 2.26. The van der Waals surface area contributed by atoms with Crippen molar-refractivity contribution >= 4 is 16.9 Å². The summed E-state index contributed by atoms with van der Waals surface area (Å²) >= 11 is 0. The Morgan fingerprint density at radius 2 is 2.08 bits per heavy atom. The molecular weight excluding hydrogens is 324 g/mol. The number of nitrogens with zero attached hydrogens (tertiary/aromatic N) is 1. The van der Waals surface area contributed by atoms with E-state index in [0.717, 1.165) is 16.6 Å². The number of fused-ring (bicyclic) bond motifs is 1. The van der Waals surface area contributed by atoms with Gasteiger partial charge >= 0.3 is 12.0 Å². The Hall–Kier alpha value is -3.09. The van der Waals surface area contributed by atoms with Crippen LogP contribution in [-0.4, -0.2) is 28.5 Å². The van der Waals surface area contributed by atoms with Gasteiger partial charge in [0, 0.05) is 21.5 Å². The minimum atomic E-state index is -1.59. The van der Waals surface area contributed by atoms with Gasteiger partial charge in [0.2, 0.25) is 0 Å². The number of carbonyl (C=O) groups excluding carboxylic acids is 1. The average Bonchev–Trinajstić information content (AvgIpc) is 3.19. The molecule has 7 nitrogen and oxygen atoms in total. The minimum Gasteiger partial charge on any atom is -0.468 e. The maximum Gasteiger partial charge on any atom is 0.382 e. The second-order valence-electron chi connectivity index (χ2n) is 5.68. The van der Waals surface area contributed by atoms with Gasteiger partial charge < -0.3 is 14.1 Å². The van der Waals surface area contributed by atoms with Gasteiger partial charge in [-0.15, -0.1) is 0 Å². The van der Waals surface area contributed by atoms with E-state index in [2.05, 4.69) is 4.98 Å². The Labute approximate surface area is 143 Å². The zero-order valence-corrected chi connectivity index (χ0v) is 13.9. The first-order valence-corrected chi connectivity index (χ1v) is 7.95. The highest BCUT2D eigenvalue weighted by Gasteiger charge is 2.45. The maximum absolute atomic E-state index is 12.3. The number of furan rings is 1. The molecule has 0 amide bonds. The Morgan fingerprint density at radius 3 is 2.72 bits per heavy atom. The van der Waals surface area contributed by atoms with E-state index < -0.39 is 22.9 Å². The number of nitro groups is 1. The molecule has 0 bridgehead atoms. The minimum absolute atomic E-state index is 0.0704. The fourth-order valence-electron chi connectivity index (χ4n) is 3.19. The molecule has 0 aliphatic carbocycles. The highest BCUT2D eigenvalue weighted by molar-refractivity contribution is 5.87. The quantitative estimate of drug-likeness (QED) is 0.420. The molecule has 0 fully saturated rings. The van der Waals surface area contributed by atoms with Crippen LogP contribution in [0.3, 0.4) is 0 Å². The summed E-state index contributed by atoms with van der Waals surface area (Å²) in [6.07, 6.45) is 1.44. The molecule has 2 unspecified atom stereocenters. The molecule has 0 aliphatic rings. The van der Waals surface area contributed by atoms with Crippen LogP contribution in [0.4, 0.5) is 0 Å². The van der Waals surface area contributed by atoms with Crippen LogP contribution in [0.15, 0.2) is 47.1 Å². The molecule has 2 atom stereocenters. The third-order valence-electron chi connectivity index (χ3n) is 4.18. The number of carbonyl (C=O) groups is 1. The van der Waals surface area contributed by atoms with E-state index in [0.29, 0.717) is 11.3 Å². The van der Waals surface area contributed by atoms with E-state index in [-0.39, 0.29) is 6.61 Å². The lowest BCUT2D eigenvalue weighted by molar-refractivity contribution is -0.513. The summed E-state index contributed by atoms with van der Waals surface area (Å²) in [5.74, 6) is -1.42. The third-order valence-corrected chi connectivity index (χ3v) is 4.18. The van der Waals surface area contributed by atoms with E-state index in [1.165, 1.54) is 6.26 Å². The van der Waals surface area contributed by atoms with E-state index in [1.807, 2.05) is 31.2 Å². The van der Waals surface area contributed by atoms with Crippen molar-refractivity contribution in [1.29, 1.82) is 0 Å². The van der Waals surface area contributed by atoms with Crippen molar-refractivity contribution in [2.45, 2.75) is 25.8 Å². The van der Waals surface area contributed by atoms with Gasteiger partial charge in [-0.05, 0) is 37.6 Å². The summed E-state index contributed by atoms with van der Waals surface area (Å²) in [6.45, 7) is 3.52. The lowest BCUT2D eigenvalue weighted by atomic mass is 9.87. The van der Waals surface area contributed by atoms with Crippen LogP contribution in [0.25, 0.3) is 10.9 Å². The van der Waals surface area contributed by atoms with Gasteiger partial charge in [-0.25, -0.2) is 4.79 Å². The third kappa shape index (κ3) is 3.00. The summed E-state index contributed by atoms with van der Waals surface area (Å²) in [7, 11) is 0. The van der Waals surface area contributed by atoms with Crippen molar-refractivity contribution in [2.75, 3.05) is 6.61 Å². The van der Waals surface area contributed by atoms with Gasteiger partial charge in [-0.2, -0.15) is 0 Å². The molecular formula is C18H18N2O5. The number of benzene rings is 1. The fourth-order valence-corrected chi connectivity index (χ4v) is 3.19. The maximum atomic E-state index is 12.3. The molecule has 130 valence electrons. The van der Waals surface area contributed by atoms with Crippen LogP contribution in [0.1, 0.15) is 29.9 Å². The number of nitrogens with one attached hydrogen (secondary N) is 1. The highest BCUT2D eigenvalue weighted by Crippen LogP contribution is 2.37. The van der Waals surface area contributed by atoms with E-state index in [9.17, 15) is 14.9 Å². The molecule has 0 saturated carbocycles. The number of esters is 1. The summed E-state index contributed by atoms with van der Waals surface area (Å²) in [6, 6.07) is 9.17. The van der Waals surface area contributed by atoms with Crippen LogP contribution in [0.2, 0.25) is 0 Å². The number of rotatable bonds is 6. The second-order valence-corrected chi connectivity index (χ2v) is 5.68. The van der Waals surface area contributed by atoms with Gasteiger partial charge in [0.1, 0.15) is 11.7 Å².